The zero-order valence-corrected chi connectivity index (χ0v) is 13.0. The van der Waals surface area contributed by atoms with E-state index in [0.717, 1.165) is 37.2 Å². The van der Waals surface area contributed by atoms with E-state index >= 15 is 0 Å². The molecule has 3 nitrogen and oxygen atoms in total. The normalized spacial score (nSPS) is 17.2. The van der Waals surface area contributed by atoms with Crippen LogP contribution >= 0.6 is 0 Å². The summed E-state index contributed by atoms with van der Waals surface area (Å²) >= 11 is 0. The van der Waals surface area contributed by atoms with E-state index in [9.17, 15) is 4.79 Å². The van der Waals surface area contributed by atoms with Gasteiger partial charge in [0.1, 0.15) is 5.92 Å². The summed E-state index contributed by atoms with van der Waals surface area (Å²) in [6.07, 6.45) is 3.95. The predicted molar refractivity (Wildman–Crippen MR) is 87.5 cm³/mol. The first-order chi connectivity index (χ1) is 10.8. The van der Waals surface area contributed by atoms with Crippen molar-refractivity contribution in [1.82, 2.24) is 9.88 Å². The third-order valence-corrected chi connectivity index (χ3v) is 4.46. The van der Waals surface area contributed by atoms with Crippen LogP contribution in [0.2, 0.25) is 0 Å². The lowest BCUT2D eigenvalue weighted by atomic mass is 9.91. The van der Waals surface area contributed by atoms with Crippen LogP contribution < -0.4 is 0 Å². The number of hydrogen-bond donors (Lipinski definition) is 0. The second-order valence-electron chi connectivity index (χ2n) is 6.11. The third-order valence-electron chi connectivity index (χ3n) is 4.46. The lowest BCUT2D eigenvalue weighted by Gasteiger charge is -2.33. The maximum absolute atomic E-state index is 13.1. The molecule has 114 valence electrons. The number of pyridine rings is 1. The van der Waals surface area contributed by atoms with Gasteiger partial charge in [-0.3, -0.25) is 9.78 Å². The Labute approximate surface area is 132 Å². The molecular weight excluding hydrogens is 272 g/mol. The Morgan fingerprint density at radius 1 is 1.09 bits per heavy atom. The Morgan fingerprint density at radius 3 is 2.41 bits per heavy atom. The SMILES string of the molecule is CC1CCN(C(=O)C(c2ccccc2)c2ccccn2)CC1. The number of carbonyl (C=O) groups is 1. The molecule has 0 radical (unpaired) electrons. The second-order valence-corrected chi connectivity index (χ2v) is 6.11. The summed E-state index contributed by atoms with van der Waals surface area (Å²) in [6.45, 7) is 3.97. The number of benzene rings is 1. The lowest BCUT2D eigenvalue weighted by Crippen LogP contribution is -2.41. The van der Waals surface area contributed by atoms with Crippen LogP contribution in [0.5, 0.6) is 0 Å². The van der Waals surface area contributed by atoms with Gasteiger partial charge in [-0.1, -0.05) is 43.3 Å². The van der Waals surface area contributed by atoms with Crippen LogP contribution in [0.4, 0.5) is 0 Å². The summed E-state index contributed by atoms with van der Waals surface area (Å²) in [6, 6.07) is 15.8. The highest BCUT2D eigenvalue weighted by Gasteiger charge is 2.30. The smallest absolute Gasteiger partial charge is 0.236 e. The monoisotopic (exact) mass is 294 g/mol. The van der Waals surface area contributed by atoms with Crippen molar-refractivity contribution in [2.45, 2.75) is 25.7 Å². The number of amides is 1. The van der Waals surface area contributed by atoms with E-state index in [1.807, 2.05) is 53.4 Å². The summed E-state index contributed by atoms with van der Waals surface area (Å²) < 4.78 is 0. The molecule has 2 heterocycles. The van der Waals surface area contributed by atoms with E-state index in [-0.39, 0.29) is 11.8 Å². The molecule has 0 bridgehead atoms. The number of hydrogen-bond acceptors (Lipinski definition) is 2. The van der Waals surface area contributed by atoms with Crippen molar-refractivity contribution in [3.63, 3.8) is 0 Å². The highest BCUT2D eigenvalue weighted by atomic mass is 16.2. The molecule has 3 rings (SSSR count). The minimum Gasteiger partial charge on any atom is -0.342 e. The predicted octanol–water partition coefficient (Wildman–Crippen LogP) is 3.47. The van der Waals surface area contributed by atoms with Crippen molar-refractivity contribution in [2.24, 2.45) is 5.92 Å². The summed E-state index contributed by atoms with van der Waals surface area (Å²) in [5, 5.41) is 0. The lowest BCUT2D eigenvalue weighted by molar-refractivity contribution is -0.133. The van der Waals surface area contributed by atoms with E-state index in [2.05, 4.69) is 11.9 Å². The first-order valence-corrected chi connectivity index (χ1v) is 8.00. The third kappa shape index (κ3) is 3.19. The highest BCUT2D eigenvalue weighted by molar-refractivity contribution is 5.86. The largest absolute Gasteiger partial charge is 0.342 e. The van der Waals surface area contributed by atoms with Gasteiger partial charge in [0.05, 0.1) is 5.69 Å². The van der Waals surface area contributed by atoms with Gasteiger partial charge in [0, 0.05) is 19.3 Å². The number of piperidine rings is 1. The van der Waals surface area contributed by atoms with Crippen molar-refractivity contribution in [1.29, 1.82) is 0 Å². The molecular formula is C19H22N2O. The minimum atomic E-state index is -0.296. The van der Waals surface area contributed by atoms with Crippen molar-refractivity contribution in [3.05, 3.63) is 66.0 Å². The van der Waals surface area contributed by atoms with Gasteiger partial charge in [0.25, 0.3) is 0 Å². The zero-order chi connectivity index (χ0) is 15.4. The number of aromatic nitrogens is 1. The van der Waals surface area contributed by atoms with Crippen LogP contribution in [-0.2, 0) is 4.79 Å². The van der Waals surface area contributed by atoms with Gasteiger partial charge >= 0.3 is 0 Å². The van der Waals surface area contributed by atoms with E-state index in [1.165, 1.54) is 0 Å². The maximum Gasteiger partial charge on any atom is 0.236 e. The molecule has 1 aromatic carbocycles. The number of rotatable bonds is 3. The van der Waals surface area contributed by atoms with Crippen molar-refractivity contribution in [3.8, 4) is 0 Å². The van der Waals surface area contributed by atoms with Crippen molar-refractivity contribution >= 4 is 5.91 Å². The molecule has 0 spiro atoms. The molecule has 22 heavy (non-hydrogen) atoms. The van der Waals surface area contributed by atoms with Gasteiger partial charge in [0.15, 0.2) is 0 Å². The maximum atomic E-state index is 13.1. The molecule has 1 aliphatic rings. The molecule has 1 aliphatic heterocycles. The molecule has 1 saturated heterocycles. The van der Waals surface area contributed by atoms with Crippen LogP contribution in [0.3, 0.4) is 0 Å². The van der Waals surface area contributed by atoms with E-state index in [4.69, 9.17) is 0 Å². The molecule has 1 amide bonds. The summed E-state index contributed by atoms with van der Waals surface area (Å²) in [5.74, 6) is 0.599. The second kappa shape index (κ2) is 6.73. The Bertz CT molecular complexity index is 564. The van der Waals surface area contributed by atoms with Gasteiger partial charge in [-0.15, -0.1) is 0 Å². The standard InChI is InChI=1S/C19H22N2O/c1-15-10-13-21(14-11-15)19(22)18(16-7-3-2-4-8-16)17-9-5-6-12-20-17/h2-9,12,15,18H,10-11,13-14H2,1H3. The van der Waals surface area contributed by atoms with E-state index < -0.39 is 0 Å². The van der Waals surface area contributed by atoms with E-state index in [0.29, 0.717) is 5.92 Å². The molecule has 0 aliphatic carbocycles. The zero-order valence-electron chi connectivity index (χ0n) is 13.0. The minimum absolute atomic E-state index is 0.178. The Balaban J connectivity index is 1.90. The van der Waals surface area contributed by atoms with Gasteiger partial charge in [-0.2, -0.15) is 0 Å². The number of likely N-dealkylation sites (tertiary alicyclic amines) is 1. The fourth-order valence-corrected chi connectivity index (χ4v) is 3.04. The Hall–Kier alpha value is -2.16. The molecule has 0 N–H and O–H groups in total. The van der Waals surface area contributed by atoms with Crippen LogP contribution in [0.15, 0.2) is 54.7 Å². The molecule has 0 saturated carbocycles. The quantitative estimate of drug-likeness (QED) is 0.868. The molecule has 1 aromatic heterocycles. The van der Waals surface area contributed by atoms with Gasteiger partial charge < -0.3 is 4.90 Å². The Kier molecular flexibility index (Phi) is 4.52. The fourth-order valence-electron chi connectivity index (χ4n) is 3.04. The summed E-state index contributed by atoms with van der Waals surface area (Å²) in [4.78, 5) is 19.5. The first kappa shape index (κ1) is 14.8. The summed E-state index contributed by atoms with van der Waals surface area (Å²) in [5.41, 5.74) is 1.85. The van der Waals surface area contributed by atoms with Gasteiger partial charge in [-0.05, 0) is 36.5 Å². The molecule has 2 aromatic rings. The molecule has 1 fully saturated rings. The Morgan fingerprint density at radius 2 is 1.77 bits per heavy atom. The van der Waals surface area contributed by atoms with Crippen molar-refractivity contribution in [2.75, 3.05) is 13.1 Å². The first-order valence-electron chi connectivity index (χ1n) is 8.00. The summed E-state index contributed by atoms with van der Waals surface area (Å²) in [7, 11) is 0. The van der Waals surface area contributed by atoms with Crippen LogP contribution in [-0.4, -0.2) is 28.9 Å². The van der Waals surface area contributed by atoms with Crippen LogP contribution in [0, 0.1) is 5.92 Å². The number of carbonyl (C=O) groups excluding carboxylic acids is 1. The molecule has 1 atom stereocenters. The van der Waals surface area contributed by atoms with Crippen LogP contribution in [0.25, 0.3) is 0 Å². The average molecular weight is 294 g/mol. The topological polar surface area (TPSA) is 33.2 Å². The average Bonchev–Trinajstić information content (AvgIpc) is 2.57. The molecule has 1 unspecified atom stereocenters. The van der Waals surface area contributed by atoms with Crippen molar-refractivity contribution < 1.29 is 4.79 Å². The van der Waals surface area contributed by atoms with Gasteiger partial charge in [-0.25, -0.2) is 0 Å². The molecule has 3 heteroatoms. The van der Waals surface area contributed by atoms with Crippen LogP contribution in [0.1, 0.15) is 36.9 Å². The highest BCUT2D eigenvalue weighted by Crippen LogP contribution is 2.27. The number of nitrogens with zero attached hydrogens (tertiary/aromatic N) is 2. The fraction of sp³-hybridized carbons (Fsp3) is 0.368. The van der Waals surface area contributed by atoms with Gasteiger partial charge in [0.2, 0.25) is 5.91 Å². The van der Waals surface area contributed by atoms with E-state index in [1.54, 1.807) is 6.20 Å².